The number of anilines is 1. The average Bonchev–Trinajstić information content (AvgIpc) is 2.81. The van der Waals surface area contributed by atoms with E-state index in [9.17, 15) is 10.1 Å². The summed E-state index contributed by atoms with van der Waals surface area (Å²) in [5.74, 6) is -0.241. The Morgan fingerprint density at radius 3 is 2.59 bits per heavy atom. The highest BCUT2D eigenvalue weighted by Crippen LogP contribution is 2.31. The van der Waals surface area contributed by atoms with E-state index >= 15 is 0 Å². The highest BCUT2D eigenvalue weighted by atomic mass is 32.1. The van der Waals surface area contributed by atoms with Crippen molar-refractivity contribution in [2.75, 3.05) is 5.32 Å². The van der Waals surface area contributed by atoms with E-state index in [0.717, 1.165) is 24.4 Å². The summed E-state index contributed by atoms with van der Waals surface area (Å²) in [6, 6.07) is 2.18. The van der Waals surface area contributed by atoms with Crippen molar-refractivity contribution in [3.63, 3.8) is 0 Å². The van der Waals surface area contributed by atoms with Gasteiger partial charge in [-0.25, -0.2) is 0 Å². The summed E-state index contributed by atoms with van der Waals surface area (Å²) in [7, 11) is 0. The molecule has 0 bridgehead atoms. The van der Waals surface area contributed by atoms with Gasteiger partial charge in [-0.1, -0.05) is 31.2 Å². The summed E-state index contributed by atoms with van der Waals surface area (Å²) in [5, 5.41) is 16.2. The summed E-state index contributed by atoms with van der Waals surface area (Å²) in [4.78, 5) is 12.2. The molecule has 1 aromatic heterocycles. The predicted octanol–water partition coefficient (Wildman–Crippen LogP) is 2.59. The van der Waals surface area contributed by atoms with Crippen LogP contribution in [0, 0.1) is 16.7 Å². The van der Waals surface area contributed by atoms with Gasteiger partial charge in [0.15, 0.2) is 0 Å². The second kappa shape index (κ2) is 6.30. The van der Waals surface area contributed by atoms with Gasteiger partial charge in [0.25, 0.3) is 0 Å². The quantitative estimate of drug-likeness (QED) is 0.844. The highest BCUT2D eigenvalue weighted by Gasteiger charge is 2.37. The van der Waals surface area contributed by atoms with Crippen LogP contribution in [-0.2, 0) is 4.79 Å². The zero-order valence-electron chi connectivity index (χ0n) is 10.1. The van der Waals surface area contributed by atoms with Crippen LogP contribution < -0.4 is 5.32 Å². The number of nitrogens with one attached hydrogen (secondary N) is 1. The molecule has 0 aliphatic rings. The molecule has 92 valence electrons. The number of amides is 1. The van der Waals surface area contributed by atoms with E-state index in [1.54, 1.807) is 0 Å². The Morgan fingerprint density at radius 2 is 2.18 bits per heavy atom. The fourth-order valence-corrected chi connectivity index (χ4v) is 2.24. The van der Waals surface area contributed by atoms with Crippen LogP contribution in [0.2, 0.25) is 0 Å². The van der Waals surface area contributed by atoms with Crippen molar-refractivity contribution in [2.24, 2.45) is 5.41 Å². The summed E-state index contributed by atoms with van der Waals surface area (Å²) in [5.41, 5.74) is -0.923. The maximum atomic E-state index is 12.2. The van der Waals surface area contributed by atoms with Crippen LogP contribution in [0.5, 0.6) is 0 Å². The molecule has 0 atom stereocenters. The molecule has 0 saturated carbocycles. The lowest BCUT2D eigenvalue weighted by Gasteiger charge is -2.23. The molecule has 0 saturated heterocycles. The van der Waals surface area contributed by atoms with E-state index in [1.165, 1.54) is 6.20 Å². The molecular weight excluding hydrogens is 236 g/mol. The minimum atomic E-state index is -0.923. The van der Waals surface area contributed by atoms with E-state index < -0.39 is 5.41 Å². The lowest BCUT2D eigenvalue weighted by Crippen LogP contribution is -2.34. The van der Waals surface area contributed by atoms with Crippen molar-refractivity contribution in [1.82, 2.24) is 9.59 Å². The third-order valence-electron chi connectivity index (χ3n) is 2.60. The van der Waals surface area contributed by atoms with Crippen LogP contribution in [0.4, 0.5) is 5.00 Å². The number of nitriles is 1. The van der Waals surface area contributed by atoms with Gasteiger partial charge in [0.2, 0.25) is 5.91 Å². The van der Waals surface area contributed by atoms with Crippen LogP contribution in [0.25, 0.3) is 0 Å². The topological polar surface area (TPSA) is 78.7 Å². The Bertz CT molecular complexity index is 390. The molecule has 0 aromatic carbocycles. The number of aromatic nitrogens is 2. The molecule has 1 heterocycles. The van der Waals surface area contributed by atoms with Crippen molar-refractivity contribution >= 4 is 22.4 Å². The second-order valence-electron chi connectivity index (χ2n) is 3.93. The van der Waals surface area contributed by atoms with Gasteiger partial charge >= 0.3 is 0 Å². The maximum absolute atomic E-state index is 12.2. The fraction of sp³-hybridized carbons (Fsp3) is 0.636. The van der Waals surface area contributed by atoms with Gasteiger partial charge in [0, 0.05) is 11.5 Å². The first-order valence-corrected chi connectivity index (χ1v) is 6.46. The highest BCUT2D eigenvalue weighted by molar-refractivity contribution is 7.10. The summed E-state index contributed by atoms with van der Waals surface area (Å²) < 4.78 is 3.67. The zero-order chi connectivity index (χ0) is 12.7. The van der Waals surface area contributed by atoms with Gasteiger partial charge in [0.1, 0.15) is 10.4 Å². The first-order valence-electron chi connectivity index (χ1n) is 5.68. The van der Waals surface area contributed by atoms with E-state index in [4.69, 9.17) is 0 Å². The van der Waals surface area contributed by atoms with Gasteiger partial charge in [0.05, 0.1) is 12.3 Å². The molecule has 0 aliphatic heterocycles. The lowest BCUT2D eigenvalue weighted by molar-refractivity contribution is -0.123. The summed E-state index contributed by atoms with van der Waals surface area (Å²) in [6.07, 6.45) is 4.26. The smallest absolute Gasteiger partial charge is 0.245 e. The molecular formula is C11H16N4OS. The lowest BCUT2D eigenvalue weighted by atomic mass is 9.80. The van der Waals surface area contributed by atoms with Gasteiger partial charge in [-0.3, -0.25) is 4.79 Å². The van der Waals surface area contributed by atoms with Gasteiger partial charge in [-0.2, -0.15) is 5.26 Å². The molecule has 0 radical (unpaired) electrons. The van der Waals surface area contributed by atoms with Crippen molar-refractivity contribution in [1.29, 1.82) is 5.26 Å². The third kappa shape index (κ3) is 3.24. The van der Waals surface area contributed by atoms with E-state index in [2.05, 4.69) is 21.0 Å². The minimum Gasteiger partial charge on any atom is -0.314 e. The molecule has 0 fully saturated rings. The number of nitrogens with zero attached hydrogens (tertiary/aromatic N) is 3. The minimum absolute atomic E-state index is 0.241. The fourth-order valence-electron chi connectivity index (χ4n) is 1.82. The Morgan fingerprint density at radius 1 is 1.53 bits per heavy atom. The van der Waals surface area contributed by atoms with Crippen LogP contribution in [0.3, 0.4) is 0 Å². The van der Waals surface area contributed by atoms with Crippen LogP contribution in [-0.4, -0.2) is 15.5 Å². The van der Waals surface area contributed by atoms with Crippen LogP contribution >= 0.6 is 11.5 Å². The largest absolute Gasteiger partial charge is 0.314 e. The molecule has 6 heteroatoms. The first-order chi connectivity index (χ1) is 8.18. The monoisotopic (exact) mass is 252 g/mol. The molecule has 0 spiro atoms. The maximum Gasteiger partial charge on any atom is 0.245 e. The van der Waals surface area contributed by atoms with Crippen molar-refractivity contribution in [3.05, 3.63) is 6.20 Å². The standard InChI is InChI=1S/C11H16N4OS/c1-3-5-11(8-12,6-4-2)10(16)14-9-7-13-15-17-9/h7H,3-6H2,1-2H3,(H,14,16). The Kier molecular flexibility index (Phi) is 5.04. The van der Waals surface area contributed by atoms with Gasteiger partial charge < -0.3 is 5.32 Å². The molecule has 1 aromatic rings. The second-order valence-corrected chi connectivity index (χ2v) is 4.72. The Labute approximate surface area is 105 Å². The number of hydrogen-bond donors (Lipinski definition) is 1. The molecule has 1 N–H and O–H groups in total. The Balaban J connectivity index is 2.82. The van der Waals surface area contributed by atoms with E-state index in [-0.39, 0.29) is 5.91 Å². The van der Waals surface area contributed by atoms with Crippen molar-refractivity contribution < 1.29 is 4.79 Å². The number of carbonyl (C=O) groups excluding carboxylic acids is 1. The van der Waals surface area contributed by atoms with Gasteiger partial charge in [-0.15, -0.1) is 5.10 Å². The normalized spacial score (nSPS) is 10.9. The third-order valence-corrected chi connectivity index (χ3v) is 3.18. The summed E-state index contributed by atoms with van der Waals surface area (Å²) >= 11 is 1.11. The van der Waals surface area contributed by atoms with Crippen molar-refractivity contribution in [3.8, 4) is 6.07 Å². The molecule has 0 aliphatic carbocycles. The van der Waals surface area contributed by atoms with Crippen LogP contribution in [0.15, 0.2) is 6.20 Å². The van der Waals surface area contributed by atoms with Crippen LogP contribution in [0.1, 0.15) is 39.5 Å². The summed E-state index contributed by atoms with van der Waals surface area (Å²) in [6.45, 7) is 3.95. The molecule has 5 nitrogen and oxygen atoms in total. The molecule has 0 unspecified atom stereocenters. The zero-order valence-corrected chi connectivity index (χ0v) is 10.9. The molecule has 1 rings (SSSR count). The SMILES string of the molecule is CCCC(C#N)(CCC)C(=O)Nc1cnns1. The van der Waals surface area contributed by atoms with E-state index in [0.29, 0.717) is 17.8 Å². The van der Waals surface area contributed by atoms with E-state index in [1.807, 2.05) is 13.8 Å². The number of hydrogen-bond acceptors (Lipinski definition) is 5. The van der Waals surface area contributed by atoms with Gasteiger partial charge in [-0.05, 0) is 12.8 Å². The average molecular weight is 252 g/mol. The molecule has 1 amide bonds. The Hall–Kier alpha value is -1.48. The molecule has 17 heavy (non-hydrogen) atoms. The number of carbonyl (C=O) groups is 1. The number of rotatable bonds is 6. The van der Waals surface area contributed by atoms with Crippen molar-refractivity contribution in [2.45, 2.75) is 39.5 Å². The first kappa shape index (κ1) is 13.6. The predicted molar refractivity (Wildman–Crippen MR) is 66.4 cm³/mol.